The van der Waals surface area contributed by atoms with Gasteiger partial charge in [-0.3, -0.25) is 4.79 Å². The zero-order valence-electron chi connectivity index (χ0n) is 14.8. The molecule has 9 heteroatoms. The summed E-state index contributed by atoms with van der Waals surface area (Å²) in [6.07, 6.45) is 2.79. The van der Waals surface area contributed by atoms with E-state index in [0.29, 0.717) is 26.0 Å². The number of hydrogen-bond donors (Lipinski definition) is 2. The molecule has 3 N–H and O–H groups in total. The number of nitrogens with two attached hydrogens (primary N) is 1. The number of thiophene rings is 1. The van der Waals surface area contributed by atoms with Crippen molar-refractivity contribution in [3.8, 4) is 6.07 Å². The summed E-state index contributed by atoms with van der Waals surface area (Å²) >= 11 is 4.07. The lowest BCUT2D eigenvalue weighted by Gasteiger charge is -2.22. The lowest BCUT2D eigenvalue weighted by molar-refractivity contribution is -0.113. The van der Waals surface area contributed by atoms with Crippen LogP contribution in [0.1, 0.15) is 33.9 Å². The number of benzene rings is 1. The van der Waals surface area contributed by atoms with Crippen molar-refractivity contribution >= 4 is 50.5 Å². The molecule has 1 aliphatic rings. The number of carbonyl (C=O) groups excluding carboxylic acids is 1. The minimum absolute atomic E-state index is 0.159. The summed E-state index contributed by atoms with van der Waals surface area (Å²) in [5.74, 6) is 0.503. The second-order valence-corrected chi connectivity index (χ2v) is 9.75. The molecule has 1 aromatic carbocycles. The molecule has 0 radical (unpaired) electrons. The monoisotopic (exact) mass is 427 g/mol. The van der Waals surface area contributed by atoms with E-state index in [1.165, 1.54) is 44.9 Å². The number of nitriles is 1. The summed E-state index contributed by atoms with van der Waals surface area (Å²) in [6.45, 7) is 0. The molecule has 0 bridgehead atoms. The molecule has 1 atom stereocenters. The Kier molecular flexibility index (Phi) is 5.62. The van der Waals surface area contributed by atoms with Crippen molar-refractivity contribution in [2.24, 2.45) is 0 Å². The second kappa shape index (κ2) is 8.31. The molecule has 6 nitrogen and oxygen atoms in total. The molecular weight excluding hydrogens is 410 g/mol. The van der Waals surface area contributed by atoms with Crippen LogP contribution in [0.4, 0.5) is 10.1 Å². The molecule has 4 rings (SSSR count). The minimum Gasteiger partial charge on any atom is -0.374 e. The number of nitrogens with one attached hydrogen (secondary N) is 1. The van der Waals surface area contributed by atoms with Gasteiger partial charge in [-0.25, -0.2) is 0 Å². The van der Waals surface area contributed by atoms with Gasteiger partial charge in [0, 0.05) is 4.88 Å². The van der Waals surface area contributed by atoms with Crippen LogP contribution in [-0.4, -0.2) is 21.9 Å². The normalized spacial score (nSPS) is 15.6. The van der Waals surface area contributed by atoms with Gasteiger partial charge in [-0.05, 0) is 36.3 Å². The standard InChI is InChI=1S/C19H17N5OS3/c20-9-14-13-7-6-12(11-4-2-1-3-5-11)8-15(13)27-17(14)22-16(25)10-26-19-24-23-18(21)28-19/h1-5,12H,6-8,10H2,(H2,21,23)(H,22,25). The van der Waals surface area contributed by atoms with E-state index in [2.05, 4.69) is 45.8 Å². The largest absolute Gasteiger partial charge is 0.374 e. The predicted molar refractivity (Wildman–Crippen MR) is 114 cm³/mol. The highest BCUT2D eigenvalue weighted by Crippen LogP contribution is 2.42. The highest BCUT2D eigenvalue weighted by molar-refractivity contribution is 8.01. The van der Waals surface area contributed by atoms with E-state index in [1.807, 2.05) is 6.07 Å². The average Bonchev–Trinajstić information content (AvgIpc) is 3.28. The van der Waals surface area contributed by atoms with Gasteiger partial charge in [0.25, 0.3) is 0 Å². The number of aromatic nitrogens is 2. The van der Waals surface area contributed by atoms with Gasteiger partial charge in [0.1, 0.15) is 11.1 Å². The van der Waals surface area contributed by atoms with Crippen molar-refractivity contribution in [3.63, 3.8) is 0 Å². The van der Waals surface area contributed by atoms with Gasteiger partial charge in [-0.15, -0.1) is 21.5 Å². The van der Waals surface area contributed by atoms with Crippen LogP contribution in [0, 0.1) is 11.3 Å². The topological polar surface area (TPSA) is 105 Å². The number of thioether (sulfide) groups is 1. The number of fused-ring (bicyclic) bond motifs is 1. The number of carbonyl (C=O) groups is 1. The van der Waals surface area contributed by atoms with E-state index in [0.717, 1.165) is 24.8 Å². The fourth-order valence-electron chi connectivity index (χ4n) is 3.37. The van der Waals surface area contributed by atoms with Crippen molar-refractivity contribution < 1.29 is 4.79 Å². The molecule has 1 amide bonds. The van der Waals surface area contributed by atoms with E-state index in [1.54, 1.807) is 0 Å². The third-order valence-electron chi connectivity index (χ3n) is 4.65. The molecule has 0 saturated heterocycles. The van der Waals surface area contributed by atoms with Crippen LogP contribution in [0.25, 0.3) is 0 Å². The lowest BCUT2D eigenvalue weighted by Crippen LogP contribution is -2.14. The number of rotatable bonds is 5. The van der Waals surface area contributed by atoms with Gasteiger partial charge in [0.15, 0.2) is 4.34 Å². The summed E-state index contributed by atoms with van der Waals surface area (Å²) < 4.78 is 0.657. The Morgan fingerprint density at radius 3 is 2.86 bits per heavy atom. The van der Waals surface area contributed by atoms with Gasteiger partial charge in [0.2, 0.25) is 11.0 Å². The summed E-state index contributed by atoms with van der Waals surface area (Å²) in [4.78, 5) is 13.6. The first-order valence-corrected chi connectivity index (χ1v) is 11.4. The first-order chi connectivity index (χ1) is 13.6. The Labute approximate surface area is 174 Å². The highest BCUT2D eigenvalue weighted by Gasteiger charge is 2.27. The summed E-state index contributed by atoms with van der Waals surface area (Å²) in [5, 5.41) is 21.2. The van der Waals surface area contributed by atoms with E-state index in [9.17, 15) is 10.1 Å². The molecule has 28 heavy (non-hydrogen) atoms. The zero-order valence-corrected chi connectivity index (χ0v) is 17.3. The first kappa shape index (κ1) is 18.9. The fourth-order valence-corrected chi connectivity index (χ4v) is 6.10. The van der Waals surface area contributed by atoms with E-state index < -0.39 is 0 Å². The van der Waals surface area contributed by atoms with Gasteiger partial charge in [-0.1, -0.05) is 53.4 Å². The summed E-state index contributed by atoms with van der Waals surface area (Å²) in [5.41, 5.74) is 8.60. The van der Waals surface area contributed by atoms with Crippen LogP contribution >= 0.6 is 34.4 Å². The highest BCUT2D eigenvalue weighted by atomic mass is 32.2. The van der Waals surface area contributed by atoms with E-state index >= 15 is 0 Å². The van der Waals surface area contributed by atoms with Crippen LogP contribution in [0.15, 0.2) is 34.7 Å². The molecule has 0 fully saturated rings. The summed E-state index contributed by atoms with van der Waals surface area (Å²) in [6, 6.07) is 12.8. The molecule has 1 unspecified atom stereocenters. The molecule has 2 heterocycles. The minimum atomic E-state index is -0.159. The molecule has 0 spiro atoms. The van der Waals surface area contributed by atoms with Crippen molar-refractivity contribution in [1.82, 2.24) is 10.2 Å². The van der Waals surface area contributed by atoms with Gasteiger partial charge in [-0.2, -0.15) is 5.26 Å². The Bertz CT molecular complexity index is 1040. The maximum atomic E-state index is 12.3. The first-order valence-electron chi connectivity index (χ1n) is 8.75. The van der Waals surface area contributed by atoms with Crippen molar-refractivity contribution in [3.05, 3.63) is 51.9 Å². The van der Waals surface area contributed by atoms with Crippen LogP contribution < -0.4 is 11.1 Å². The fraction of sp³-hybridized carbons (Fsp3) is 0.263. The van der Waals surface area contributed by atoms with Crippen LogP contribution in [0.5, 0.6) is 0 Å². The predicted octanol–water partition coefficient (Wildman–Crippen LogP) is 4.06. The number of hydrogen-bond acceptors (Lipinski definition) is 8. The zero-order chi connectivity index (χ0) is 19.5. The number of nitrogen functional groups attached to an aromatic ring is 1. The number of nitrogens with zero attached hydrogens (tertiary/aromatic N) is 3. The molecule has 2 aromatic heterocycles. The van der Waals surface area contributed by atoms with Gasteiger partial charge in [0.05, 0.1) is 11.3 Å². The number of anilines is 2. The van der Waals surface area contributed by atoms with Crippen molar-refractivity contribution in [2.45, 2.75) is 29.5 Å². The third-order valence-corrected chi connectivity index (χ3v) is 7.71. The summed E-state index contributed by atoms with van der Waals surface area (Å²) in [7, 11) is 0. The van der Waals surface area contributed by atoms with Crippen molar-refractivity contribution in [1.29, 1.82) is 5.26 Å². The molecule has 142 valence electrons. The van der Waals surface area contributed by atoms with E-state index in [4.69, 9.17) is 5.73 Å². The molecule has 1 aliphatic carbocycles. The Balaban J connectivity index is 1.46. The Hall–Kier alpha value is -2.41. The Morgan fingerprint density at radius 2 is 2.14 bits per heavy atom. The molecule has 3 aromatic rings. The Morgan fingerprint density at radius 1 is 1.32 bits per heavy atom. The quantitative estimate of drug-likeness (QED) is 0.595. The van der Waals surface area contributed by atoms with E-state index in [-0.39, 0.29) is 11.7 Å². The van der Waals surface area contributed by atoms with Gasteiger partial charge >= 0.3 is 0 Å². The van der Waals surface area contributed by atoms with Crippen LogP contribution in [0.3, 0.4) is 0 Å². The average molecular weight is 428 g/mol. The molecular formula is C19H17N5OS3. The van der Waals surface area contributed by atoms with Gasteiger partial charge < -0.3 is 11.1 Å². The SMILES string of the molecule is N#Cc1c(NC(=O)CSc2nnc(N)s2)sc2c1CCC(c1ccccc1)C2. The number of amides is 1. The lowest BCUT2D eigenvalue weighted by atomic mass is 9.83. The third kappa shape index (κ3) is 4.04. The van der Waals surface area contributed by atoms with Crippen LogP contribution in [-0.2, 0) is 17.6 Å². The second-order valence-electron chi connectivity index (χ2n) is 6.41. The maximum Gasteiger partial charge on any atom is 0.235 e. The maximum absolute atomic E-state index is 12.3. The van der Waals surface area contributed by atoms with Crippen LogP contribution in [0.2, 0.25) is 0 Å². The van der Waals surface area contributed by atoms with Crippen molar-refractivity contribution in [2.75, 3.05) is 16.8 Å². The molecule has 0 saturated carbocycles. The smallest absolute Gasteiger partial charge is 0.235 e. The molecule has 0 aliphatic heterocycles.